The van der Waals surface area contributed by atoms with E-state index in [-0.39, 0.29) is 6.04 Å². The summed E-state index contributed by atoms with van der Waals surface area (Å²) < 4.78 is 0. The van der Waals surface area contributed by atoms with E-state index >= 15 is 0 Å². The second kappa shape index (κ2) is 7.11. The van der Waals surface area contributed by atoms with Gasteiger partial charge >= 0.3 is 0 Å². The van der Waals surface area contributed by atoms with E-state index in [2.05, 4.69) is 19.1 Å². The molecule has 0 spiro atoms. The Hall–Kier alpha value is -1.80. The van der Waals surface area contributed by atoms with Crippen molar-refractivity contribution in [2.24, 2.45) is 11.7 Å². The van der Waals surface area contributed by atoms with Crippen molar-refractivity contribution in [1.29, 1.82) is 0 Å². The Bertz CT molecular complexity index is 507. The first-order chi connectivity index (χ1) is 9.65. The van der Waals surface area contributed by atoms with E-state index in [0.29, 0.717) is 11.7 Å². The van der Waals surface area contributed by atoms with Crippen LogP contribution in [0.1, 0.15) is 36.9 Å². The van der Waals surface area contributed by atoms with Crippen LogP contribution in [0.2, 0.25) is 0 Å². The highest BCUT2D eigenvalue weighted by Crippen LogP contribution is 2.22. The summed E-state index contributed by atoms with van der Waals surface area (Å²) in [4.78, 5) is 0. The maximum atomic E-state index is 9.26. The van der Waals surface area contributed by atoms with Crippen LogP contribution in [0.3, 0.4) is 0 Å². The molecule has 2 atom stereocenters. The normalized spacial score (nSPS) is 13.9. The van der Waals surface area contributed by atoms with Gasteiger partial charge in [-0.3, -0.25) is 0 Å². The van der Waals surface area contributed by atoms with Gasteiger partial charge in [0.2, 0.25) is 0 Å². The highest BCUT2D eigenvalue weighted by atomic mass is 16.3. The van der Waals surface area contributed by atoms with Gasteiger partial charge in [-0.25, -0.2) is 0 Å². The molecule has 0 aliphatic heterocycles. The molecule has 0 aliphatic carbocycles. The minimum absolute atomic E-state index is 0.117. The molecule has 2 rings (SSSR count). The van der Waals surface area contributed by atoms with Crippen LogP contribution in [0.25, 0.3) is 0 Å². The Morgan fingerprint density at radius 1 is 1.00 bits per heavy atom. The number of nitrogens with two attached hydrogens (primary N) is 1. The van der Waals surface area contributed by atoms with Gasteiger partial charge in [0.1, 0.15) is 5.75 Å². The van der Waals surface area contributed by atoms with Crippen LogP contribution in [0.5, 0.6) is 5.75 Å². The summed E-state index contributed by atoms with van der Waals surface area (Å²) in [5.74, 6) is 0.909. The van der Waals surface area contributed by atoms with Gasteiger partial charge in [0.05, 0.1) is 0 Å². The molecule has 0 saturated carbocycles. The molecule has 0 aromatic heterocycles. The smallest absolute Gasteiger partial charge is 0.115 e. The van der Waals surface area contributed by atoms with Crippen LogP contribution < -0.4 is 5.73 Å². The summed E-state index contributed by atoms with van der Waals surface area (Å²) in [5.41, 5.74) is 8.73. The van der Waals surface area contributed by atoms with Gasteiger partial charge in [-0.1, -0.05) is 49.4 Å². The van der Waals surface area contributed by atoms with Crippen LogP contribution in [-0.2, 0) is 6.42 Å². The average molecular weight is 269 g/mol. The molecule has 20 heavy (non-hydrogen) atoms. The van der Waals surface area contributed by atoms with Crippen LogP contribution in [0, 0.1) is 5.92 Å². The molecular weight excluding hydrogens is 246 g/mol. The molecule has 2 unspecified atom stereocenters. The van der Waals surface area contributed by atoms with E-state index in [4.69, 9.17) is 5.73 Å². The standard InChI is InChI=1S/C18H23NO/c1-14(7-8-15-9-11-17(20)12-10-15)13-18(19)16-5-3-2-4-6-16/h2-6,9-12,14,18,20H,7-8,13,19H2,1H3. The first-order valence-corrected chi connectivity index (χ1v) is 7.23. The van der Waals surface area contributed by atoms with Crippen molar-refractivity contribution < 1.29 is 5.11 Å². The van der Waals surface area contributed by atoms with Crippen LogP contribution in [0.4, 0.5) is 0 Å². The number of benzene rings is 2. The lowest BCUT2D eigenvalue weighted by Crippen LogP contribution is -2.14. The fourth-order valence-corrected chi connectivity index (χ4v) is 2.46. The van der Waals surface area contributed by atoms with E-state index < -0.39 is 0 Å². The third kappa shape index (κ3) is 4.39. The lowest BCUT2D eigenvalue weighted by atomic mass is 9.92. The van der Waals surface area contributed by atoms with Crippen molar-refractivity contribution in [3.8, 4) is 5.75 Å². The Balaban J connectivity index is 1.80. The van der Waals surface area contributed by atoms with Gasteiger partial charge in [0.15, 0.2) is 0 Å². The molecule has 0 radical (unpaired) electrons. The van der Waals surface area contributed by atoms with Crippen molar-refractivity contribution in [2.45, 2.75) is 32.2 Å². The molecule has 0 aliphatic rings. The molecule has 0 saturated heterocycles. The Morgan fingerprint density at radius 2 is 1.65 bits per heavy atom. The highest BCUT2D eigenvalue weighted by molar-refractivity contribution is 5.26. The third-order valence-corrected chi connectivity index (χ3v) is 3.75. The lowest BCUT2D eigenvalue weighted by molar-refractivity contribution is 0.444. The maximum absolute atomic E-state index is 9.26. The van der Waals surface area contributed by atoms with Crippen LogP contribution in [-0.4, -0.2) is 5.11 Å². The Labute approximate surface area is 121 Å². The van der Waals surface area contributed by atoms with Crippen LogP contribution in [0.15, 0.2) is 54.6 Å². The van der Waals surface area contributed by atoms with E-state index in [0.717, 1.165) is 19.3 Å². The first kappa shape index (κ1) is 14.6. The van der Waals surface area contributed by atoms with E-state index in [1.807, 2.05) is 30.3 Å². The van der Waals surface area contributed by atoms with Gasteiger partial charge in [0.25, 0.3) is 0 Å². The van der Waals surface area contributed by atoms with Gasteiger partial charge in [-0.2, -0.15) is 0 Å². The van der Waals surface area contributed by atoms with Gasteiger partial charge < -0.3 is 10.8 Å². The van der Waals surface area contributed by atoms with Crippen molar-refractivity contribution in [3.05, 3.63) is 65.7 Å². The molecule has 0 amide bonds. The largest absolute Gasteiger partial charge is 0.508 e. The number of phenolic OH excluding ortho intramolecular Hbond substituents is 1. The Morgan fingerprint density at radius 3 is 2.30 bits per heavy atom. The molecule has 2 aromatic rings. The molecule has 106 valence electrons. The second-order valence-corrected chi connectivity index (χ2v) is 5.56. The summed E-state index contributed by atoms with van der Waals surface area (Å²) in [6.45, 7) is 2.25. The lowest BCUT2D eigenvalue weighted by Gasteiger charge is -2.17. The zero-order valence-electron chi connectivity index (χ0n) is 12.0. The topological polar surface area (TPSA) is 46.2 Å². The zero-order chi connectivity index (χ0) is 14.4. The van der Waals surface area contributed by atoms with E-state index in [1.165, 1.54) is 11.1 Å². The first-order valence-electron chi connectivity index (χ1n) is 7.23. The predicted octanol–water partition coefficient (Wildman–Crippen LogP) is 4.05. The molecule has 3 N–H and O–H groups in total. The molecular formula is C18H23NO. The highest BCUT2D eigenvalue weighted by Gasteiger charge is 2.11. The minimum atomic E-state index is 0.117. The summed E-state index contributed by atoms with van der Waals surface area (Å²) >= 11 is 0. The fraction of sp³-hybridized carbons (Fsp3) is 0.333. The molecule has 0 bridgehead atoms. The van der Waals surface area contributed by atoms with E-state index in [9.17, 15) is 5.11 Å². The summed E-state index contributed by atoms with van der Waals surface area (Å²) in [5, 5.41) is 9.26. The van der Waals surface area contributed by atoms with Crippen molar-refractivity contribution in [3.63, 3.8) is 0 Å². The second-order valence-electron chi connectivity index (χ2n) is 5.56. The fourth-order valence-electron chi connectivity index (χ4n) is 2.46. The predicted molar refractivity (Wildman–Crippen MR) is 83.6 cm³/mol. The third-order valence-electron chi connectivity index (χ3n) is 3.75. The quantitative estimate of drug-likeness (QED) is 0.831. The van der Waals surface area contributed by atoms with Gasteiger partial charge in [0, 0.05) is 6.04 Å². The monoisotopic (exact) mass is 269 g/mol. The molecule has 2 aromatic carbocycles. The van der Waals surface area contributed by atoms with E-state index in [1.54, 1.807) is 12.1 Å². The molecule has 2 nitrogen and oxygen atoms in total. The summed E-state index contributed by atoms with van der Waals surface area (Å²) in [6, 6.07) is 17.9. The number of aromatic hydroxyl groups is 1. The maximum Gasteiger partial charge on any atom is 0.115 e. The summed E-state index contributed by atoms with van der Waals surface area (Å²) in [6.07, 6.45) is 3.15. The molecule has 0 heterocycles. The summed E-state index contributed by atoms with van der Waals surface area (Å²) in [7, 11) is 0. The molecule has 0 fully saturated rings. The van der Waals surface area contributed by atoms with Gasteiger partial charge in [-0.15, -0.1) is 0 Å². The number of hydrogen-bond donors (Lipinski definition) is 2. The number of aryl methyl sites for hydroxylation is 1. The number of phenols is 1. The van der Waals surface area contributed by atoms with Crippen molar-refractivity contribution in [2.75, 3.05) is 0 Å². The minimum Gasteiger partial charge on any atom is -0.508 e. The zero-order valence-corrected chi connectivity index (χ0v) is 12.0. The van der Waals surface area contributed by atoms with Gasteiger partial charge in [-0.05, 0) is 48.4 Å². The average Bonchev–Trinajstić information content (AvgIpc) is 2.47. The Kier molecular flexibility index (Phi) is 5.19. The van der Waals surface area contributed by atoms with Crippen LogP contribution >= 0.6 is 0 Å². The molecule has 2 heteroatoms. The van der Waals surface area contributed by atoms with Crippen molar-refractivity contribution in [1.82, 2.24) is 0 Å². The number of hydrogen-bond acceptors (Lipinski definition) is 2. The SMILES string of the molecule is CC(CCc1ccc(O)cc1)CC(N)c1ccccc1. The number of rotatable bonds is 6. The van der Waals surface area contributed by atoms with Crippen molar-refractivity contribution >= 4 is 0 Å².